The average Bonchev–Trinajstić information content (AvgIpc) is 2.62. The van der Waals surface area contributed by atoms with E-state index in [4.69, 9.17) is 9.47 Å². The second-order valence-corrected chi connectivity index (χ2v) is 5.64. The molecule has 0 spiro atoms. The molecule has 1 fully saturated rings. The highest BCUT2D eigenvalue weighted by molar-refractivity contribution is 5.97. The Morgan fingerprint density at radius 2 is 1.75 bits per heavy atom. The third kappa shape index (κ3) is 5.21. The fourth-order valence-corrected chi connectivity index (χ4v) is 2.55. The predicted octanol–water partition coefficient (Wildman–Crippen LogP) is 0.852. The first-order valence-corrected chi connectivity index (χ1v) is 8.05. The largest absolute Gasteiger partial charge is 0.497 e. The number of amides is 2. The van der Waals surface area contributed by atoms with E-state index in [2.05, 4.69) is 10.2 Å². The fourth-order valence-electron chi connectivity index (χ4n) is 2.55. The molecular weight excluding hydrogens is 310 g/mol. The number of hydrogen-bond donors (Lipinski definition) is 1. The molecule has 1 saturated heterocycles. The maximum Gasteiger partial charge on any atom is 0.317 e. The van der Waals surface area contributed by atoms with Gasteiger partial charge in [-0.05, 0) is 24.3 Å². The van der Waals surface area contributed by atoms with Crippen molar-refractivity contribution >= 4 is 11.8 Å². The molecule has 7 heteroatoms. The van der Waals surface area contributed by atoms with Crippen molar-refractivity contribution in [3.63, 3.8) is 0 Å². The van der Waals surface area contributed by atoms with E-state index in [9.17, 15) is 9.59 Å². The van der Waals surface area contributed by atoms with Crippen LogP contribution in [0.4, 0.5) is 4.79 Å². The van der Waals surface area contributed by atoms with Crippen molar-refractivity contribution in [1.82, 2.24) is 15.1 Å². The second kappa shape index (κ2) is 9.24. The summed E-state index contributed by atoms with van der Waals surface area (Å²) in [6, 6.07) is 7.06. The van der Waals surface area contributed by atoms with Crippen LogP contribution in [0.3, 0.4) is 0 Å². The van der Waals surface area contributed by atoms with E-state index >= 15 is 0 Å². The zero-order valence-corrected chi connectivity index (χ0v) is 14.3. The van der Waals surface area contributed by atoms with E-state index < -0.39 is 0 Å². The number of ether oxygens (including phenoxy) is 2. The number of methoxy groups -OCH3 is 2. The number of carbonyl (C=O) groups excluding carboxylic acids is 2. The van der Waals surface area contributed by atoms with Crippen molar-refractivity contribution in [3.8, 4) is 5.75 Å². The van der Waals surface area contributed by atoms with Gasteiger partial charge >= 0.3 is 6.03 Å². The van der Waals surface area contributed by atoms with Crippen LogP contribution in [0.15, 0.2) is 24.3 Å². The summed E-state index contributed by atoms with van der Waals surface area (Å²) in [5, 5.41) is 2.81. The monoisotopic (exact) mass is 335 g/mol. The molecule has 2 amide bonds. The molecule has 1 heterocycles. The Hall–Kier alpha value is -2.12. The zero-order chi connectivity index (χ0) is 17.4. The molecule has 1 N–H and O–H groups in total. The lowest BCUT2D eigenvalue weighted by molar-refractivity contribution is 0.0877. The summed E-state index contributed by atoms with van der Waals surface area (Å²) < 4.78 is 10.0. The van der Waals surface area contributed by atoms with Gasteiger partial charge in [0.2, 0.25) is 0 Å². The quantitative estimate of drug-likeness (QED) is 0.591. The third-order valence-electron chi connectivity index (χ3n) is 4.02. The summed E-state index contributed by atoms with van der Waals surface area (Å²) >= 11 is 0. The van der Waals surface area contributed by atoms with Crippen molar-refractivity contribution in [2.24, 2.45) is 0 Å². The molecule has 7 nitrogen and oxygen atoms in total. The normalized spacial score (nSPS) is 15.2. The van der Waals surface area contributed by atoms with Crippen LogP contribution in [0.2, 0.25) is 0 Å². The molecule has 0 bridgehead atoms. The van der Waals surface area contributed by atoms with Gasteiger partial charge in [-0.1, -0.05) is 0 Å². The Morgan fingerprint density at radius 3 is 2.33 bits per heavy atom. The molecule has 0 aliphatic carbocycles. The Balaban J connectivity index is 1.75. The van der Waals surface area contributed by atoms with Crippen LogP contribution >= 0.6 is 0 Å². The van der Waals surface area contributed by atoms with Gasteiger partial charge in [-0.2, -0.15) is 0 Å². The molecule has 0 saturated carbocycles. The SMILES string of the molecule is COCCNC(=O)N1CCN(CC(=O)c2ccc(OC)cc2)CC1. The molecule has 1 aliphatic rings. The Kier molecular flexibility index (Phi) is 7.02. The van der Waals surface area contributed by atoms with Gasteiger partial charge in [0.1, 0.15) is 5.75 Å². The van der Waals surface area contributed by atoms with Gasteiger partial charge in [0, 0.05) is 45.4 Å². The Bertz CT molecular complexity index is 539. The molecule has 0 unspecified atom stereocenters. The van der Waals surface area contributed by atoms with Gasteiger partial charge in [-0.3, -0.25) is 9.69 Å². The number of piperazine rings is 1. The van der Waals surface area contributed by atoms with Crippen molar-refractivity contribution in [2.45, 2.75) is 0 Å². The van der Waals surface area contributed by atoms with Gasteiger partial charge in [0.05, 0.1) is 20.3 Å². The third-order valence-corrected chi connectivity index (χ3v) is 4.02. The average molecular weight is 335 g/mol. The van der Waals surface area contributed by atoms with Gasteiger partial charge in [0.15, 0.2) is 5.78 Å². The second-order valence-electron chi connectivity index (χ2n) is 5.64. The lowest BCUT2D eigenvalue weighted by Gasteiger charge is -2.34. The number of nitrogens with zero attached hydrogens (tertiary/aromatic N) is 2. The van der Waals surface area contributed by atoms with E-state index in [-0.39, 0.29) is 11.8 Å². The first kappa shape index (κ1) is 18.2. The van der Waals surface area contributed by atoms with Crippen LogP contribution in [0.5, 0.6) is 5.75 Å². The summed E-state index contributed by atoms with van der Waals surface area (Å²) in [7, 11) is 3.20. The van der Waals surface area contributed by atoms with E-state index in [1.54, 1.807) is 43.4 Å². The van der Waals surface area contributed by atoms with E-state index in [1.807, 2.05) is 0 Å². The van der Waals surface area contributed by atoms with Crippen LogP contribution in [-0.4, -0.2) is 81.7 Å². The van der Waals surface area contributed by atoms with Crippen LogP contribution in [0, 0.1) is 0 Å². The predicted molar refractivity (Wildman–Crippen MR) is 90.6 cm³/mol. The molecule has 2 rings (SSSR count). The highest BCUT2D eigenvalue weighted by Gasteiger charge is 2.22. The topological polar surface area (TPSA) is 71.1 Å². The molecule has 0 aromatic heterocycles. The van der Waals surface area contributed by atoms with E-state index in [0.717, 1.165) is 5.75 Å². The van der Waals surface area contributed by atoms with Crippen LogP contribution in [0.25, 0.3) is 0 Å². The standard InChI is InChI=1S/C17H25N3O4/c1-23-12-7-18-17(22)20-10-8-19(9-11-20)13-16(21)14-3-5-15(24-2)6-4-14/h3-6H,7-13H2,1-2H3,(H,18,22). The van der Waals surface area contributed by atoms with Crippen molar-refractivity contribution in [2.75, 3.05) is 60.1 Å². The van der Waals surface area contributed by atoms with Gasteiger partial charge < -0.3 is 19.7 Å². The maximum atomic E-state index is 12.3. The molecular formula is C17H25N3O4. The minimum absolute atomic E-state index is 0.0758. The molecule has 132 valence electrons. The Labute approximate surface area is 142 Å². The number of benzene rings is 1. The summed E-state index contributed by atoms with van der Waals surface area (Å²) in [6.07, 6.45) is 0. The van der Waals surface area contributed by atoms with E-state index in [1.165, 1.54) is 0 Å². The minimum Gasteiger partial charge on any atom is -0.497 e. The number of carbonyl (C=O) groups is 2. The minimum atomic E-state index is -0.0758. The summed E-state index contributed by atoms with van der Waals surface area (Å²) in [5.41, 5.74) is 0.676. The molecule has 1 aromatic carbocycles. The number of ketones is 1. The smallest absolute Gasteiger partial charge is 0.317 e. The van der Waals surface area contributed by atoms with Crippen molar-refractivity contribution < 1.29 is 19.1 Å². The zero-order valence-electron chi connectivity index (χ0n) is 14.3. The van der Waals surface area contributed by atoms with Gasteiger partial charge in [-0.25, -0.2) is 4.79 Å². The lowest BCUT2D eigenvalue weighted by atomic mass is 10.1. The van der Waals surface area contributed by atoms with Gasteiger partial charge in [-0.15, -0.1) is 0 Å². The number of urea groups is 1. The summed E-state index contributed by atoms with van der Waals surface area (Å²) in [4.78, 5) is 28.1. The molecule has 1 aliphatic heterocycles. The van der Waals surface area contributed by atoms with Gasteiger partial charge in [0.25, 0.3) is 0 Å². The van der Waals surface area contributed by atoms with E-state index in [0.29, 0.717) is 51.4 Å². The summed E-state index contributed by atoms with van der Waals surface area (Å²) in [5.74, 6) is 0.815. The van der Waals surface area contributed by atoms with Crippen molar-refractivity contribution in [1.29, 1.82) is 0 Å². The highest BCUT2D eigenvalue weighted by atomic mass is 16.5. The molecule has 0 radical (unpaired) electrons. The van der Waals surface area contributed by atoms with Crippen LogP contribution in [0.1, 0.15) is 10.4 Å². The van der Waals surface area contributed by atoms with Crippen LogP contribution in [-0.2, 0) is 4.74 Å². The highest BCUT2D eigenvalue weighted by Crippen LogP contribution is 2.12. The maximum absolute atomic E-state index is 12.3. The lowest BCUT2D eigenvalue weighted by Crippen LogP contribution is -2.52. The number of Topliss-reactive ketones (excluding diaryl/α,β-unsaturated/α-hetero) is 1. The van der Waals surface area contributed by atoms with Crippen LogP contribution < -0.4 is 10.1 Å². The summed E-state index contributed by atoms with van der Waals surface area (Å²) in [6.45, 7) is 4.00. The first-order valence-electron chi connectivity index (χ1n) is 8.05. The number of rotatable bonds is 7. The molecule has 1 aromatic rings. The number of nitrogens with one attached hydrogen (secondary N) is 1. The number of hydrogen-bond acceptors (Lipinski definition) is 5. The fraction of sp³-hybridized carbons (Fsp3) is 0.529. The molecule has 24 heavy (non-hydrogen) atoms. The molecule has 0 atom stereocenters. The Morgan fingerprint density at radius 1 is 1.08 bits per heavy atom. The first-order chi connectivity index (χ1) is 11.6. The van der Waals surface area contributed by atoms with Crippen molar-refractivity contribution in [3.05, 3.63) is 29.8 Å².